The second kappa shape index (κ2) is 6.49. The Morgan fingerprint density at radius 3 is 2.71 bits per heavy atom. The van der Waals surface area contributed by atoms with Crippen molar-refractivity contribution >= 4 is 34.4 Å². The minimum Gasteiger partial charge on any atom is -0.360 e. The molecule has 2 heterocycles. The van der Waals surface area contributed by atoms with E-state index in [-0.39, 0.29) is 5.82 Å². The van der Waals surface area contributed by atoms with E-state index in [2.05, 4.69) is 15.8 Å². The number of carbonyl (C=O) groups is 3. The molecule has 0 bridgehead atoms. The molecule has 1 fully saturated rings. The van der Waals surface area contributed by atoms with Crippen LogP contribution < -0.4 is 10.6 Å². The first-order valence-corrected chi connectivity index (χ1v) is 8.74. The van der Waals surface area contributed by atoms with Gasteiger partial charge in [-0.15, -0.1) is 0 Å². The van der Waals surface area contributed by atoms with Crippen LogP contribution in [0.15, 0.2) is 53.1 Å². The van der Waals surface area contributed by atoms with Crippen molar-refractivity contribution in [2.75, 3.05) is 11.9 Å². The zero-order valence-corrected chi connectivity index (χ0v) is 15.4. The maximum absolute atomic E-state index is 13.1. The number of aromatic nitrogens is 1. The zero-order valence-electron chi connectivity index (χ0n) is 15.4. The Hall–Kier alpha value is -3.68. The molecule has 0 spiro atoms. The van der Waals surface area contributed by atoms with Crippen molar-refractivity contribution in [3.05, 3.63) is 59.9 Å². The number of benzene rings is 2. The number of rotatable bonds is 4. The summed E-state index contributed by atoms with van der Waals surface area (Å²) in [5, 5.41) is 10.7. The zero-order chi connectivity index (χ0) is 19.9. The first kappa shape index (κ1) is 17.7. The number of nitrogens with one attached hydrogen (secondary N) is 2. The molecule has 8 heteroatoms. The molecule has 1 aromatic heterocycles. The molecule has 2 aromatic carbocycles. The highest BCUT2D eigenvalue weighted by Crippen LogP contribution is 2.33. The summed E-state index contributed by atoms with van der Waals surface area (Å²) < 4.78 is 4.88. The number of imide groups is 1. The number of hydrogen-bond donors (Lipinski definition) is 2. The number of fused-ring (bicyclic) bond motifs is 1. The summed E-state index contributed by atoms with van der Waals surface area (Å²) in [6.07, 6.45) is 0. The minimum absolute atomic E-state index is 0.228. The third-order valence-electron chi connectivity index (χ3n) is 4.80. The van der Waals surface area contributed by atoms with Gasteiger partial charge in [-0.25, -0.2) is 4.79 Å². The van der Waals surface area contributed by atoms with Crippen LogP contribution in [0.2, 0.25) is 0 Å². The van der Waals surface area contributed by atoms with Gasteiger partial charge in [-0.3, -0.25) is 14.5 Å². The topological polar surface area (TPSA) is 105 Å². The predicted octanol–water partition coefficient (Wildman–Crippen LogP) is 2.54. The van der Waals surface area contributed by atoms with Gasteiger partial charge in [0, 0.05) is 6.07 Å². The fourth-order valence-corrected chi connectivity index (χ4v) is 3.44. The van der Waals surface area contributed by atoms with Gasteiger partial charge in [-0.2, -0.15) is 0 Å². The SMILES string of the molecule is Cc1cc(NC(=O)CN2C(=O)N[C@@](C)(c3cccc4ccccc34)C2=O)no1. The van der Waals surface area contributed by atoms with Crippen LogP contribution in [0.4, 0.5) is 10.6 Å². The molecule has 3 aromatic rings. The van der Waals surface area contributed by atoms with Crippen molar-refractivity contribution < 1.29 is 18.9 Å². The van der Waals surface area contributed by atoms with Crippen LogP contribution in [-0.4, -0.2) is 34.4 Å². The standard InChI is InChI=1S/C20H18N4O4/c1-12-10-16(23-28-12)21-17(25)11-24-18(26)20(2,22-19(24)27)15-9-5-7-13-6-3-4-8-14(13)15/h3-10H,11H2,1-2H3,(H,22,27)(H,21,23,25)/t20-/m0/s1. The van der Waals surface area contributed by atoms with E-state index < -0.39 is 29.9 Å². The summed E-state index contributed by atoms with van der Waals surface area (Å²) in [5.74, 6) is -0.264. The van der Waals surface area contributed by atoms with Gasteiger partial charge < -0.3 is 15.2 Å². The number of amides is 4. The quantitative estimate of drug-likeness (QED) is 0.679. The van der Waals surface area contributed by atoms with Crippen LogP contribution >= 0.6 is 0 Å². The van der Waals surface area contributed by atoms with E-state index in [1.807, 2.05) is 42.5 Å². The lowest BCUT2D eigenvalue weighted by molar-refractivity contribution is -0.133. The smallest absolute Gasteiger partial charge is 0.325 e. The molecule has 4 amide bonds. The fraction of sp³-hybridized carbons (Fsp3) is 0.200. The Morgan fingerprint density at radius 2 is 1.96 bits per heavy atom. The van der Waals surface area contributed by atoms with Crippen molar-refractivity contribution in [2.24, 2.45) is 0 Å². The molecule has 0 unspecified atom stereocenters. The molecular weight excluding hydrogens is 360 g/mol. The lowest BCUT2D eigenvalue weighted by Gasteiger charge is -2.24. The van der Waals surface area contributed by atoms with Crippen LogP contribution in [0.1, 0.15) is 18.2 Å². The van der Waals surface area contributed by atoms with Gasteiger partial charge in [-0.05, 0) is 30.2 Å². The molecule has 142 valence electrons. The molecule has 1 aliphatic rings. The summed E-state index contributed by atoms with van der Waals surface area (Å²) in [4.78, 5) is 38.8. The van der Waals surface area contributed by atoms with Gasteiger partial charge >= 0.3 is 6.03 Å². The molecule has 28 heavy (non-hydrogen) atoms. The highest BCUT2D eigenvalue weighted by atomic mass is 16.5. The van der Waals surface area contributed by atoms with Crippen LogP contribution in [0.5, 0.6) is 0 Å². The minimum atomic E-state index is -1.26. The van der Waals surface area contributed by atoms with Gasteiger partial charge in [0.2, 0.25) is 5.91 Å². The Labute approximate surface area is 160 Å². The van der Waals surface area contributed by atoms with E-state index in [0.29, 0.717) is 11.3 Å². The van der Waals surface area contributed by atoms with Crippen molar-refractivity contribution in [3.63, 3.8) is 0 Å². The number of aryl methyl sites for hydroxylation is 1. The predicted molar refractivity (Wildman–Crippen MR) is 101 cm³/mol. The molecule has 1 atom stereocenters. The molecule has 4 rings (SSSR count). The van der Waals surface area contributed by atoms with Gasteiger partial charge in [0.1, 0.15) is 17.8 Å². The summed E-state index contributed by atoms with van der Waals surface area (Å²) >= 11 is 0. The van der Waals surface area contributed by atoms with Crippen molar-refractivity contribution in [1.82, 2.24) is 15.4 Å². The Morgan fingerprint density at radius 1 is 1.21 bits per heavy atom. The molecule has 0 aliphatic carbocycles. The Bertz CT molecular complexity index is 1100. The average molecular weight is 378 g/mol. The van der Waals surface area contributed by atoms with E-state index in [1.165, 1.54) is 0 Å². The van der Waals surface area contributed by atoms with Crippen LogP contribution in [0, 0.1) is 6.92 Å². The van der Waals surface area contributed by atoms with Crippen LogP contribution in [-0.2, 0) is 15.1 Å². The van der Waals surface area contributed by atoms with E-state index in [0.717, 1.165) is 15.7 Å². The monoisotopic (exact) mass is 378 g/mol. The van der Waals surface area contributed by atoms with Crippen molar-refractivity contribution in [2.45, 2.75) is 19.4 Å². The summed E-state index contributed by atoms with van der Waals surface area (Å²) in [5.41, 5.74) is -0.582. The number of hydrogen-bond acceptors (Lipinski definition) is 5. The molecule has 0 radical (unpaired) electrons. The third-order valence-corrected chi connectivity index (χ3v) is 4.80. The Balaban J connectivity index is 1.60. The lowest BCUT2D eigenvalue weighted by atomic mass is 9.88. The lowest BCUT2D eigenvalue weighted by Crippen LogP contribution is -2.42. The van der Waals surface area contributed by atoms with Crippen molar-refractivity contribution in [1.29, 1.82) is 0 Å². The number of anilines is 1. The van der Waals surface area contributed by atoms with Crippen LogP contribution in [0.3, 0.4) is 0 Å². The molecule has 0 saturated carbocycles. The van der Waals surface area contributed by atoms with Crippen molar-refractivity contribution in [3.8, 4) is 0 Å². The number of nitrogens with zero attached hydrogens (tertiary/aromatic N) is 2. The second-order valence-corrected chi connectivity index (χ2v) is 6.84. The normalized spacial score (nSPS) is 19.1. The van der Waals surface area contributed by atoms with Crippen LogP contribution in [0.25, 0.3) is 10.8 Å². The van der Waals surface area contributed by atoms with E-state index in [1.54, 1.807) is 19.9 Å². The average Bonchev–Trinajstić information content (AvgIpc) is 3.17. The molecule has 2 N–H and O–H groups in total. The first-order valence-electron chi connectivity index (χ1n) is 8.74. The molecule has 1 aliphatic heterocycles. The summed E-state index contributed by atoms with van der Waals surface area (Å²) in [7, 11) is 0. The Kier molecular flexibility index (Phi) is 4.11. The van der Waals surface area contributed by atoms with Gasteiger partial charge in [0.25, 0.3) is 5.91 Å². The van der Waals surface area contributed by atoms with E-state index in [9.17, 15) is 14.4 Å². The van der Waals surface area contributed by atoms with Gasteiger partial charge in [-0.1, -0.05) is 47.6 Å². The molecule has 1 saturated heterocycles. The summed E-state index contributed by atoms with van der Waals surface area (Å²) in [6.45, 7) is 2.92. The largest absolute Gasteiger partial charge is 0.360 e. The maximum atomic E-state index is 13.1. The highest BCUT2D eigenvalue weighted by molar-refractivity contribution is 6.11. The fourth-order valence-electron chi connectivity index (χ4n) is 3.44. The molecular formula is C20H18N4O4. The molecule has 8 nitrogen and oxygen atoms in total. The van der Waals surface area contributed by atoms with Gasteiger partial charge in [0.05, 0.1) is 0 Å². The number of urea groups is 1. The van der Waals surface area contributed by atoms with Gasteiger partial charge in [0.15, 0.2) is 5.82 Å². The number of carbonyl (C=O) groups excluding carboxylic acids is 3. The highest BCUT2D eigenvalue weighted by Gasteiger charge is 2.50. The third kappa shape index (κ3) is 2.88. The second-order valence-electron chi connectivity index (χ2n) is 6.84. The van der Waals surface area contributed by atoms with E-state index in [4.69, 9.17) is 4.52 Å². The maximum Gasteiger partial charge on any atom is 0.325 e. The first-order chi connectivity index (χ1) is 13.4. The summed E-state index contributed by atoms with van der Waals surface area (Å²) in [6, 6.07) is 14.1. The van der Waals surface area contributed by atoms with E-state index >= 15 is 0 Å².